The van der Waals surface area contributed by atoms with Crippen molar-refractivity contribution < 1.29 is 37.9 Å². The monoisotopic (exact) mass is 916 g/mol. The Kier molecular flexibility index (Phi) is 49.6. The summed E-state index contributed by atoms with van der Waals surface area (Å²) >= 11 is 0. The standard InChI is InChI=1S/C53H106NO8P/c1-3-5-7-9-11-13-15-17-19-21-23-25-27-29-31-33-35-37-39-41-43-45-52(56)54-47-48-61-63(58,59)62-50-51(55)49-60-53(57)46-44-42-40-38-36-34-32-30-28-26-24-22-20-18-16-14-12-10-8-6-4-2/h51,55H,3-50H2,1-2H3,(H,54,56)(H,58,59). The van der Waals surface area contributed by atoms with Crippen LogP contribution < -0.4 is 5.32 Å². The lowest BCUT2D eigenvalue weighted by molar-refractivity contribution is -0.147. The van der Waals surface area contributed by atoms with Crippen molar-refractivity contribution in [3.8, 4) is 0 Å². The molecule has 63 heavy (non-hydrogen) atoms. The summed E-state index contributed by atoms with van der Waals surface area (Å²) < 4.78 is 27.0. The summed E-state index contributed by atoms with van der Waals surface area (Å²) in [4.78, 5) is 34.1. The molecule has 9 nitrogen and oxygen atoms in total. The molecule has 10 heteroatoms. The number of nitrogens with one attached hydrogen (secondary N) is 1. The van der Waals surface area contributed by atoms with Crippen molar-refractivity contribution in [2.45, 2.75) is 302 Å². The fourth-order valence-electron chi connectivity index (χ4n) is 8.39. The Balaban J connectivity index is 3.48. The Labute approximate surface area is 390 Å². The van der Waals surface area contributed by atoms with Gasteiger partial charge in [-0.2, -0.15) is 0 Å². The van der Waals surface area contributed by atoms with Gasteiger partial charge in [-0.05, 0) is 12.8 Å². The van der Waals surface area contributed by atoms with Crippen molar-refractivity contribution in [2.24, 2.45) is 0 Å². The van der Waals surface area contributed by atoms with E-state index in [4.69, 9.17) is 13.8 Å². The third-order valence-electron chi connectivity index (χ3n) is 12.5. The molecule has 0 aliphatic heterocycles. The summed E-state index contributed by atoms with van der Waals surface area (Å²) in [7, 11) is -4.42. The van der Waals surface area contributed by atoms with Gasteiger partial charge >= 0.3 is 13.8 Å². The van der Waals surface area contributed by atoms with E-state index in [-0.39, 0.29) is 25.7 Å². The van der Waals surface area contributed by atoms with Gasteiger partial charge in [0, 0.05) is 19.4 Å². The second-order valence-corrected chi connectivity index (χ2v) is 20.4. The first-order valence-corrected chi connectivity index (χ1v) is 29.0. The maximum atomic E-state index is 12.2. The summed E-state index contributed by atoms with van der Waals surface area (Å²) in [6.45, 7) is 3.64. The Morgan fingerprint density at radius 3 is 1.03 bits per heavy atom. The van der Waals surface area contributed by atoms with Gasteiger partial charge in [0.15, 0.2) is 0 Å². The molecule has 0 aliphatic rings. The van der Waals surface area contributed by atoms with Gasteiger partial charge in [0.25, 0.3) is 0 Å². The molecule has 2 unspecified atom stereocenters. The van der Waals surface area contributed by atoms with Gasteiger partial charge in [-0.1, -0.05) is 271 Å². The number of hydrogen-bond donors (Lipinski definition) is 3. The van der Waals surface area contributed by atoms with Crippen molar-refractivity contribution in [2.75, 3.05) is 26.4 Å². The van der Waals surface area contributed by atoms with E-state index in [2.05, 4.69) is 19.2 Å². The highest BCUT2D eigenvalue weighted by Crippen LogP contribution is 2.42. The first-order chi connectivity index (χ1) is 30.8. The van der Waals surface area contributed by atoms with Crippen LogP contribution in [-0.2, 0) is 27.9 Å². The zero-order chi connectivity index (χ0) is 46.0. The SMILES string of the molecule is CCCCCCCCCCCCCCCCCCCCCCCC(=O)NCCOP(=O)(O)OCC(O)COC(=O)CCCCCCCCCCCCCCCCCCCCCCC. The first-order valence-electron chi connectivity index (χ1n) is 27.5. The number of aliphatic hydroxyl groups is 1. The number of amides is 1. The van der Waals surface area contributed by atoms with E-state index >= 15 is 0 Å². The Morgan fingerprint density at radius 2 is 0.714 bits per heavy atom. The topological polar surface area (TPSA) is 131 Å². The Hall–Kier alpha value is -0.990. The smallest absolute Gasteiger partial charge is 0.463 e. The maximum absolute atomic E-state index is 12.2. The fourth-order valence-corrected chi connectivity index (χ4v) is 9.14. The van der Waals surface area contributed by atoms with Crippen LogP contribution in [0.25, 0.3) is 0 Å². The van der Waals surface area contributed by atoms with Gasteiger partial charge in [-0.25, -0.2) is 4.57 Å². The Morgan fingerprint density at radius 1 is 0.429 bits per heavy atom. The predicted molar refractivity (Wildman–Crippen MR) is 266 cm³/mol. The van der Waals surface area contributed by atoms with Gasteiger partial charge in [-0.3, -0.25) is 18.6 Å². The third kappa shape index (κ3) is 51.9. The lowest BCUT2D eigenvalue weighted by Crippen LogP contribution is -2.27. The summed E-state index contributed by atoms with van der Waals surface area (Å²) in [5, 5.41) is 12.8. The van der Waals surface area contributed by atoms with Gasteiger partial charge < -0.3 is 20.1 Å². The summed E-state index contributed by atoms with van der Waals surface area (Å²) in [5.41, 5.74) is 0. The van der Waals surface area contributed by atoms with Gasteiger partial charge in [-0.15, -0.1) is 0 Å². The number of carbonyl (C=O) groups excluding carboxylic acids is 2. The van der Waals surface area contributed by atoms with Crippen LogP contribution in [0.4, 0.5) is 0 Å². The highest BCUT2D eigenvalue weighted by atomic mass is 31.2. The average molecular weight is 916 g/mol. The quantitative estimate of drug-likeness (QED) is 0.0312. The summed E-state index contributed by atoms with van der Waals surface area (Å²) in [6, 6.07) is 0. The zero-order valence-corrected chi connectivity index (χ0v) is 42.7. The van der Waals surface area contributed by atoms with E-state index in [0.717, 1.165) is 38.5 Å². The van der Waals surface area contributed by atoms with Gasteiger partial charge in [0.05, 0.1) is 13.2 Å². The number of rotatable bonds is 53. The number of carbonyl (C=O) groups is 2. The van der Waals surface area contributed by atoms with Crippen LogP contribution in [0.5, 0.6) is 0 Å². The molecular formula is C53H106NO8P. The van der Waals surface area contributed by atoms with Crippen molar-refractivity contribution in [1.29, 1.82) is 0 Å². The van der Waals surface area contributed by atoms with Crippen LogP contribution in [-0.4, -0.2) is 54.3 Å². The van der Waals surface area contributed by atoms with Crippen LogP contribution in [0.2, 0.25) is 0 Å². The molecule has 0 aliphatic carbocycles. The zero-order valence-electron chi connectivity index (χ0n) is 41.8. The number of unbranched alkanes of at least 4 members (excludes halogenated alkanes) is 40. The van der Waals surface area contributed by atoms with Gasteiger partial charge in [0.1, 0.15) is 12.7 Å². The van der Waals surface area contributed by atoms with E-state index in [9.17, 15) is 24.2 Å². The molecular weight excluding hydrogens is 810 g/mol. The molecule has 0 aromatic rings. The lowest BCUT2D eigenvalue weighted by Gasteiger charge is -2.15. The molecule has 0 aromatic heterocycles. The molecule has 0 fully saturated rings. The van der Waals surface area contributed by atoms with Crippen LogP contribution in [0.3, 0.4) is 0 Å². The van der Waals surface area contributed by atoms with Crippen molar-refractivity contribution in [1.82, 2.24) is 5.32 Å². The summed E-state index contributed by atoms with van der Waals surface area (Å²) in [6.07, 6.45) is 54.8. The van der Waals surface area contributed by atoms with Gasteiger partial charge in [0.2, 0.25) is 5.91 Å². The molecule has 0 heterocycles. The highest BCUT2D eigenvalue weighted by Gasteiger charge is 2.23. The maximum Gasteiger partial charge on any atom is 0.472 e. The van der Waals surface area contributed by atoms with Crippen molar-refractivity contribution >= 4 is 19.7 Å². The second kappa shape index (κ2) is 50.4. The number of phosphoric acid groups is 1. The van der Waals surface area contributed by atoms with Crippen LogP contribution >= 0.6 is 7.82 Å². The normalized spacial score (nSPS) is 13.0. The molecule has 2 atom stereocenters. The third-order valence-corrected chi connectivity index (χ3v) is 13.5. The van der Waals surface area contributed by atoms with Crippen LogP contribution in [0.15, 0.2) is 0 Å². The van der Waals surface area contributed by atoms with E-state index < -0.39 is 26.5 Å². The first kappa shape index (κ1) is 62.0. The minimum Gasteiger partial charge on any atom is -0.463 e. The lowest BCUT2D eigenvalue weighted by atomic mass is 10.0. The molecule has 0 saturated carbocycles. The molecule has 0 spiro atoms. The van der Waals surface area contributed by atoms with Crippen LogP contribution in [0.1, 0.15) is 296 Å². The molecule has 0 radical (unpaired) electrons. The second-order valence-electron chi connectivity index (χ2n) is 18.9. The Bertz CT molecular complexity index is 1000. The van der Waals surface area contributed by atoms with E-state index in [1.54, 1.807) is 0 Å². The number of phosphoric ester groups is 1. The number of hydrogen-bond acceptors (Lipinski definition) is 7. The molecule has 0 aromatic carbocycles. The van der Waals surface area contributed by atoms with E-state index in [1.165, 1.54) is 231 Å². The predicted octanol–water partition coefficient (Wildman–Crippen LogP) is 16.3. The highest BCUT2D eigenvalue weighted by molar-refractivity contribution is 7.47. The number of esters is 1. The number of ether oxygens (including phenoxy) is 1. The largest absolute Gasteiger partial charge is 0.472 e. The molecule has 3 N–H and O–H groups in total. The summed E-state index contributed by atoms with van der Waals surface area (Å²) in [5.74, 6) is -0.496. The average Bonchev–Trinajstić information content (AvgIpc) is 3.27. The van der Waals surface area contributed by atoms with Crippen molar-refractivity contribution in [3.63, 3.8) is 0 Å². The number of aliphatic hydroxyl groups excluding tert-OH is 1. The van der Waals surface area contributed by atoms with E-state index in [0.29, 0.717) is 12.8 Å². The fraction of sp³-hybridized carbons (Fsp3) is 0.962. The van der Waals surface area contributed by atoms with E-state index in [1.807, 2.05) is 0 Å². The minimum absolute atomic E-state index is 0.0890. The molecule has 1 amide bonds. The van der Waals surface area contributed by atoms with Crippen molar-refractivity contribution in [3.05, 3.63) is 0 Å². The minimum atomic E-state index is -4.42. The molecule has 0 bridgehead atoms. The molecule has 376 valence electrons. The van der Waals surface area contributed by atoms with Crippen LogP contribution in [0, 0.1) is 0 Å². The molecule has 0 saturated heterocycles. The molecule has 0 rings (SSSR count).